The number of halogens is 2. The number of rotatable bonds is 1. The van der Waals surface area contributed by atoms with Gasteiger partial charge in [0.25, 0.3) is 0 Å². The Morgan fingerprint density at radius 3 is 2.89 bits per heavy atom. The molecule has 0 aromatic heterocycles. The molecule has 100 valence electrons. The fourth-order valence-electron chi connectivity index (χ4n) is 2.70. The van der Waals surface area contributed by atoms with E-state index < -0.39 is 11.9 Å². The van der Waals surface area contributed by atoms with Crippen LogP contribution in [-0.2, 0) is 9.59 Å². The van der Waals surface area contributed by atoms with Gasteiger partial charge in [-0.25, -0.2) is 4.39 Å². The molecular formula is C13H12BrFN2O2. The van der Waals surface area contributed by atoms with E-state index in [4.69, 9.17) is 0 Å². The van der Waals surface area contributed by atoms with Gasteiger partial charge in [-0.15, -0.1) is 0 Å². The lowest BCUT2D eigenvalue weighted by Gasteiger charge is -2.36. The maximum Gasteiger partial charge on any atom is 0.250 e. The number of nitrogens with zero attached hydrogens (tertiary/aromatic N) is 2. The Hall–Kier alpha value is -1.43. The van der Waals surface area contributed by atoms with Crippen molar-refractivity contribution in [3.05, 3.63) is 28.5 Å². The Balaban J connectivity index is 1.98. The zero-order chi connectivity index (χ0) is 13.6. The van der Waals surface area contributed by atoms with E-state index in [1.807, 2.05) is 0 Å². The Kier molecular flexibility index (Phi) is 3.05. The summed E-state index contributed by atoms with van der Waals surface area (Å²) in [6, 6.07) is 3.97. The van der Waals surface area contributed by atoms with Crippen LogP contribution >= 0.6 is 15.9 Å². The van der Waals surface area contributed by atoms with E-state index in [2.05, 4.69) is 15.9 Å². The second kappa shape index (κ2) is 4.59. The Labute approximate surface area is 118 Å². The molecule has 1 atom stereocenters. The second-order valence-corrected chi connectivity index (χ2v) is 5.68. The van der Waals surface area contributed by atoms with Crippen LogP contribution in [0.2, 0.25) is 0 Å². The minimum Gasteiger partial charge on any atom is -0.329 e. The van der Waals surface area contributed by atoms with Crippen LogP contribution in [0, 0.1) is 5.82 Å². The third kappa shape index (κ3) is 2.04. The molecular weight excluding hydrogens is 315 g/mol. The average molecular weight is 327 g/mol. The van der Waals surface area contributed by atoms with Gasteiger partial charge >= 0.3 is 0 Å². The summed E-state index contributed by atoms with van der Waals surface area (Å²) in [7, 11) is 0. The number of hydrogen-bond acceptors (Lipinski definition) is 2. The number of amides is 2. The maximum absolute atomic E-state index is 13.9. The first-order valence-electron chi connectivity index (χ1n) is 6.14. The fourth-order valence-corrected chi connectivity index (χ4v) is 3.05. The molecule has 0 N–H and O–H groups in total. The van der Waals surface area contributed by atoms with Crippen molar-refractivity contribution in [3.63, 3.8) is 0 Å². The largest absolute Gasteiger partial charge is 0.329 e. The first-order chi connectivity index (χ1) is 9.08. The van der Waals surface area contributed by atoms with Crippen LogP contribution in [0.3, 0.4) is 0 Å². The van der Waals surface area contributed by atoms with Crippen molar-refractivity contribution in [2.24, 2.45) is 0 Å². The zero-order valence-electron chi connectivity index (χ0n) is 10.1. The number of benzene rings is 1. The highest BCUT2D eigenvalue weighted by Crippen LogP contribution is 2.30. The molecule has 1 unspecified atom stereocenters. The summed E-state index contributed by atoms with van der Waals surface area (Å²) in [4.78, 5) is 27.2. The van der Waals surface area contributed by atoms with Crippen LogP contribution < -0.4 is 4.90 Å². The Morgan fingerprint density at radius 2 is 2.11 bits per heavy atom. The fraction of sp³-hybridized carbons (Fsp3) is 0.385. The normalized spacial score (nSPS) is 22.9. The molecule has 0 saturated carbocycles. The van der Waals surface area contributed by atoms with Gasteiger partial charge in [0, 0.05) is 11.0 Å². The highest BCUT2D eigenvalue weighted by atomic mass is 79.9. The number of anilines is 1. The standard InChI is InChI=1S/C13H12BrFN2O2/c14-8-3-4-9(15)11(6-8)17-7-12(18)16-5-1-2-10(16)13(17)19/h3-4,6,10H,1-2,5,7H2. The molecule has 1 aromatic rings. The molecule has 2 aliphatic rings. The number of fused-ring (bicyclic) bond motifs is 1. The van der Waals surface area contributed by atoms with Gasteiger partial charge < -0.3 is 4.90 Å². The Morgan fingerprint density at radius 1 is 1.32 bits per heavy atom. The number of carbonyl (C=O) groups excluding carboxylic acids is 2. The highest BCUT2D eigenvalue weighted by molar-refractivity contribution is 9.10. The van der Waals surface area contributed by atoms with Crippen molar-refractivity contribution >= 4 is 33.4 Å². The van der Waals surface area contributed by atoms with Crippen LogP contribution in [0.4, 0.5) is 10.1 Å². The molecule has 0 aliphatic carbocycles. The molecule has 2 aliphatic heterocycles. The van der Waals surface area contributed by atoms with Crippen LogP contribution in [0.15, 0.2) is 22.7 Å². The van der Waals surface area contributed by atoms with Crippen LogP contribution in [0.1, 0.15) is 12.8 Å². The minimum atomic E-state index is -0.490. The number of hydrogen-bond donors (Lipinski definition) is 0. The summed E-state index contributed by atoms with van der Waals surface area (Å²) in [5.74, 6) is -0.786. The quantitative estimate of drug-likeness (QED) is 0.791. The minimum absolute atomic E-state index is 0.0806. The van der Waals surface area contributed by atoms with E-state index in [1.54, 1.807) is 11.0 Å². The van der Waals surface area contributed by atoms with Crippen molar-refractivity contribution in [2.75, 3.05) is 18.0 Å². The zero-order valence-corrected chi connectivity index (χ0v) is 11.7. The first kappa shape index (κ1) is 12.6. The van der Waals surface area contributed by atoms with Gasteiger partial charge in [0.15, 0.2) is 0 Å². The number of piperazine rings is 1. The lowest BCUT2D eigenvalue weighted by Crippen LogP contribution is -2.57. The van der Waals surface area contributed by atoms with Gasteiger partial charge in [-0.1, -0.05) is 15.9 Å². The second-order valence-electron chi connectivity index (χ2n) is 4.77. The topological polar surface area (TPSA) is 40.6 Å². The van der Waals surface area contributed by atoms with Gasteiger partial charge in [-0.2, -0.15) is 0 Å². The smallest absolute Gasteiger partial charge is 0.250 e. The van der Waals surface area contributed by atoms with Gasteiger partial charge in [0.1, 0.15) is 18.4 Å². The lowest BCUT2D eigenvalue weighted by atomic mass is 10.1. The Bertz CT molecular complexity index is 564. The van der Waals surface area contributed by atoms with Crippen LogP contribution in [0.25, 0.3) is 0 Å². The third-order valence-electron chi connectivity index (χ3n) is 3.62. The molecule has 3 rings (SSSR count). The highest BCUT2D eigenvalue weighted by Gasteiger charge is 2.42. The summed E-state index contributed by atoms with van der Waals surface area (Å²) >= 11 is 3.25. The predicted molar refractivity (Wildman–Crippen MR) is 71.2 cm³/mol. The SMILES string of the molecule is O=C1C2CCCN2C(=O)CN1c1cc(Br)ccc1F. The van der Waals surface area contributed by atoms with Crippen molar-refractivity contribution in [2.45, 2.75) is 18.9 Å². The van der Waals surface area contributed by atoms with Crippen LogP contribution in [0.5, 0.6) is 0 Å². The molecule has 2 saturated heterocycles. The van der Waals surface area contributed by atoms with Gasteiger partial charge in [0.05, 0.1) is 5.69 Å². The molecule has 19 heavy (non-hydrogen) atoms. The van der Waals surface area contributed by atoms with Crippen molar-refractivity contribution in [3.8, 4) is 0 Å². The molecule has 6 heteroatoms. The summed E-state index contributed by atoms with van der Waals surface area (Å²) in [6.45, 7) is 0.548. The molecule has 0 bridgehead atoms. The third-order valence-corrected chi connectivity index (χ3v) is 4.11. The predicted octanol–water partition coefficient (Wildman–Crippen LogP) is 1.93. The molecule has 2 heterocycles. The summed E-state index contributed by atoms with van der Waals surface area (Å²) in [5, 5.41) is 0. The van der Waals surface area contributed by atoms with Gasteiger partial charge in [-0.3, -0.25) is 14.5 Å². The maximum atomic E-state index is 13.9. The average Bonchev–Trinajstić information content (AvgIpc) is 2.87. The summed E-state index contributed by atoms with van der Waals surface area (Å²) in [5.41, 5.74) is 0.166. The van der Waals surface area contributed by atoms with E-state index in [9.17, 15) is 14.0 Å². The van der Waals surface area contributed by atoms with E-state index in [0.29, 0.717) is 17.4 Å². The van der Waals surface area contributed by atoms with E-state index in [1.165, 1.54) is 17.0 Å². The monoisotopic (exact) mass is 326 g/mol. The van der Waals surface area contributed by atoms with Crippen molar-refractivity contribution < 1.29 is 14.0 Å². The van der Waals surface area contributed by atoms with Gasteiger partial charge in [0.2, 0.25) is 11.8 Å². The van der Waals surface area contributed by atoms with E-state index >= 15 is 0 Å². The number of carbonyl (C=O) groups is 2. The first-order valence-corrected chi connectivity index (χ1v) is 6.93. The molecule has 2 amide bonds. The van der Waals surface area contributed by atoms with E-state index in [0.717, 1.165) is 6.42 Å². The summed E-state index contributed by atoms with van der Waals surface area (Å²) in [6.07, 6.45) is 1.49. The van der Waals surface area contributed by atoms with Crippen molar-refractivity contribution in [1.29, 1.82) is 0 Å². The van der Waals surface area contributed by atoms with Crippen molar-refractivity contribution in [1.82, 2.24) is 4.90 Å². The van der Waals surface area contributed by atoms with Crippen LogP contribution in [-0.4, -0.2) is 35.8 Å². The molecule has 0 radical (unpaired) electrons. The molecule has 2 fully saturated rings. The summed E-state index contributed by atoms with van der Waals surface area (Å²) < 4.78 is 14.5. The molecule has 1 aromatic carbocycles. The molecule has 0 spiro atoms. The molecule has 4 nitrogen and oxygen atoms in total. The van der Waals surface area contributed by atoms with E-state index in [-0.39, 0.29) is 24.0 Å². The lowest BCUT2D eigenvalue weighted by molar-refractivity contribution is -0.140. The van der Waals surface area contributed by atoms with Gasteiger partial charge in [-0.05, 0) is 31.0 Å².